The van der Waals surface area contributed by atoms with Crippen LogP contribution in [-0.2, 0) is 22.5 Å². The molecule has 1 aromatic rings. The Morgan fingerprint density at radius 3 is 2.90 bits per heavy atom. The van der Waals surface area contributed by atoms with Gasteiger partial charge in [-0.25, -0.2) is 4.79 Å². The van der Waals surface area contributed by atoms with E-state index in [4.69, 9.17) is 9.84 Å². The molecule has 0 aromatic heterocycles. The van der Waals surface area contributed by atoms with Gasteiger partial charge in [0, 0.05) is 38.9 Å². The SMILES string of the molecule is CN1CCc2cc(CN3CC(C)(OCC(=O)O)C3)ccc21. The van der Waals surface area contributed by atoms with Crippen molar-refractivity contribution in [2.45, 2.75) is 25.5 Å². The summed E-state index contributed by atoms with van der Waals surface area (Å²) >= 11 is 0. The summed E-state index contributed by atoms with van der Waals surface area (Å²) in [6, 6.07) is 6.69. The number of likely N-dealkylation sites (N-methyl/N-ethyl adjacent to an activating group) is 1. The molecule has 1 N–H and O–H groups in total. The number of aliphatic carboxylic acids is 1. The lowest BCUT2D eigenvalue weighted by Crippen LogP contribution is -2.61. The van der Waals surface area contributed by atoms with Crippen LogP contribution in [0.4, 0.5) is 5.69 Å². The van der Waals surface area contributed by atoms with E-state index in [0.29, 0.717) is 0 Å². The summed E-state index contributed by atoms with van der Waals surface area (Å²) in [4.78, 5) is 15.1. The Balaban J connectivity index is 1.54. The van der Waals surface area contributed by atoms with Crippen LogP contribution < -0.4 is 4.90 Å². The fraction of sp³-hybridized carbons (Fsp3) is 0.562. The summed E-state index contributed by atoms with van der Waals surface area (Å²) in [5.74, 6) is -0.905. The molecule has 21 heavy (non-hydrogen) atoms. The maximum absolute atomic E-state index is 10.6. The van der Waals surface area contributed by atoms with Crippen LogP contribution in [0.3, 0.4) is 0 Å². The molecule has 0 aliphatic carbocycles. The number of hydrogen-bond acceptors (Lipinski definition) is 4. The quantitative estimate of drug-likeness (QED) is 0.887. The minimum absolute atomic E-state index is 0.213. The van der Waals surface area contributed by atoms with Crippen molar-refractivity contribution in [3.63, 3.8) is 0 Å². The first kappa shape index (κ1) is 14.4. The number of hydrogen-bond donors (Lipinski definition) is 1. The molecule has 2 aliphatic rings. The molecular formula is C16H22N2O3. The number of benzene rings is 1. The molecule has 1 aromatic carbocycles. The summed E-state index contributed by atoms with van der Waals surface area (Å²) in [7, 11) is 2.13. The highest BCUT2D eigenvalue weighted by Crippen LogP contribution is 2.30. The Kier molecular flexibility index (Phi) is 3.63. The predicted molar refractivity (Wildman–Crippen MR) is 80.7 cm³/mol. The zero-order valence-electron chi connectivity index (χ0n) is 12.6. The van der Waals surface area contributed by atoms with E-state index in [2.05, 4.69) is 35.0 Å². The van der Waals surface area contributed by atoms with Gasteiger partial charge < -0.3 is 14.7 Å². The van der Waals surface area contributed by atoms with Crippen LogP contribution >= 0.6 is 0 Å². The largest absolute Gasteiger partial charge is 0.480 e. The highest BCUT2D eigenvalue weighted by Gasteiger charge is 2.40. The third-order valence-electron chi connectivity index (χ3n) is 4.34. The first-order valence-electron chi connectivity index (χ1n) is 7.36. The van der Waals surface area contributed by atoms with Gasteiger partial charge in [-0.3, -0.25) is 4.90 Å². The van der Waals surface area contributed by atoms with Crippen LogP contribution in [-0.4, -0.2) is 54.9 Å². The fourth-order valence-corrected chi connectivity index (χ4v) is 3.32. The van der Waals surface area contributed by atoms with Gasteiger partial charge in [-0.1, -0.05) is 12.1 Å². The average molecular weight is 290 g/mol. The molecule has 1 saturated heterocycles. The number of ether oxygens (including phenoxy) is 1. The van der Waals surface area contributed by atoms with Gasteiger partial charge in [0.1, 0.15) is 6.61 Å². The normalized spacial score (nSPS) is 20.2. The molecule has 0 unspecified atom stereocenters. The van der Waals surface area contributed by atoms with Crippen molar-refractivity contribution in [3.05, 3.63) is 29.3 Å². The number of carbonyl (C=O) groups is 1. The van der Waals surface area contributed by atoms with E-state index in [1.807, 2.05) is 6.92 Å². The number of likely N-dealkylation sites (tertiary alicyclic amines) is 1. The number of fused-ring (bicyclic) bond motifs is 1. The van der Waals surface area contributed by atoms with E-state index in [0.717, 1.165) is 32.6 Å². The Hall–Kier alpha value is -1.59. The summed E-state index contributed by atoms with van der Waals surface area (Å²) in [6.45, 7) is 5.35. The van der Waals surface area contributed by atoms with E-state index < -0.39 is 5.97 Å². The van der Waals surface area contributed by atoms with Crippen molar-refractivity contribution in [1.82, 2.24) is 4.90 Å². The van der Waals surface area contributed by atoms with Gasteiger partial charge in [0.15, 0.2) is 0 Å². The van der Waals surface area contributed by atoms with Crippen molar-refractivity contribution < 1.29 is 14.6 Å². The van der Waals surface area contributed by atoms with Gasteiger partial charge >= 0.3 is 5.97 Å². The van der Waals surface area contributed by atoms with E-state index in [-0.39, 0.29) is 12.2 Å². The maximum atomic E-state index is 10.6. The molecule has 5 nitrogen and oxygen atoms in total. The Morgan fingerprint density at radius 1 is 1.43 bits per heavy atom. The Bertz CT molecular complexity index is 552. The van der Waals surface area contributed by atoms with Gasteiger partial charge in [-0.05, 0) is 30.5 Å². The van der Waals surface area contributed by atoms with Crippen LogP contribution in [0, 0.1) is 0 Å². The minimum atomic E-state index is -0.905. The second-order valence-electron chi connectivity index (χ2n) is 6.41. The number of nitrogens with zero attached hydrogens (tertiary/aromatic N) is 2. The second-order valence-corrected chi connectivity index (χ2v) is 6.41. The first-order valence-corrected chi connectivity index (χ1v) is 7.36. The molecule has 5 heteroatoms. The maximum Gasteiger partial charge on any atom is 0.329 e. The van der Waals surface area contributed by atoms with Crippen LogP contribution in [0.1, 0.15) is 18.1 Å². The molecule has 0 amide bonds. The van der Waals surface area contributed by atoms with Gasteiger partial charge in [0.25, 0.3) is 0 Å². The summed E-state index contributed by atoms with van der Waals surface area (Å²) in [5.41, 5.74) is 3.79. The molecule has 0 radical (unpaired) electrons. The second kappa shape index (κ2) is 5.31. The average Bonchev–Trinajstić information content (AvgIpc) is 2.76. The van der Waals surface area contributed by atoms with E-state index in [1.165, 1.54) is 16.8 Å². The summed E-state index contributed by atoms with van der Waals surface area (Å²) < 4.78 is 5.44. The van der Waals surface area contributed by atoms with E-state index >= 15 is 0 Å². The Morgan fingerprint density at radius 2 is 2.19 bits per heavy atom. The fourth-order valence-electron chi connectivity index (χ4n) is 3.32. The highest BCUT2D eigenvalue weighted by molar-refractivity contribution is 5.68. The highest BCUT2D eigenvalue weighted by atomic mass is 16.5. The molecule has 0 atom stereocenters. The van der Waals surface area contributed by atoms with Crippen LogP contribution in [0.15, 0.2) is 18.2 Å². The molecule has 0 saturated carbocycles. The van der Waals surface area contributed by atoms with Gasteiger partial charge in [-0.15, -0.1) is 0 Å². The molecule has 2 aliphatic heterocycles. The molecular weight excluding hydrogens is 268 g/mol. The zero-order valence-corrected chi connectivity index (χ0v) is 12.6. The predicted octanol–water partition coefficient (Wildman–Crippen LogP) is 1.35. The van der Waals surface area contributed by atoms with Crippen LogP contribution in [0.5, 0.6) is 0 Å². The summed E-state index contributed by atoms with van der Waals surface area (Å²) in [6.07, 6.45) is 1.12. The van der Waals surface area contributed by atoms with Gasteiger partial charge in [0.2, 0.25) is 0 Å². The van der Waals surface area contributed by atoms with Crippen molar-refractivity contribution >= 4 is 11.7 Å². The lowest BCUT2D eigenvalue weighted by Gasteiger charge is -2.47. The molecule has 3 rings (SSSR count). The van der Waals surface area contributed by atoms with Gasteiger partial charge in [0.05, 0.1) is 5.60 Å². The number of anilines is 1. The summed E-state index contributed by atoms with van der Waals surface area (Å²) in [5, 5.41) is 8.67. The smallest absolute Gasteiger partial charge is 0.329 e. The van der Waals surface area contributed by atoms with Crippen molar-refractivity contribution in [3.8, 4) is 0 Å². The molecule has 0 bridgehead atoms. The van der Waals surface area contributed by atoms with Crippen LogP contribution in [0.25, 0.3) is 0 Å². The molecule has 1 fully saturated rings. The topological polar surface area (TPSA) is 53.0 Å². The third-order valence-corrected chi connectivity index (χ3v) is 4.34. The third kappa shape index (κ3) is 3.04. The molecule has 0 spiro atoms. The number of carboxylic acid groups (broad SMARTS) is 1. The standard InChI is InChI=1S/C16H22N2O3/c1-16(21-9-15(19)20)10-18(11-16)8-12-3-4-14-13(7-12)5-6-17(14)2/h3-4,7H,5-6,8-11H2,1-2H3,(H,19,20). The lowest BCUT2D eigenvalue weighted by molar-refractivity contribution is -0.165. The number of carboxylic acids is 1. The minimum Gasteiger partial charge on any atom is -0.480 e. The Labute approximate surface area is 125 Å². The monoisotopic (exact) mass is 290 g/mol. The lowest BCUT2D eigenvalue weighted by atomic mass is 9.95. The van der Waals surface area contributed by atoms with Gasteiger partial charge in [-0.2, -0.15) is 0 Å². The first-order chi connectivity index (χ1) is 9.95. The van der Waals surface area contributed by atoms with E-state index in [1.54, 1.807) is 0 Å². The molecule has 114 valence electrons. The number of rotatable bonds is 5. The zero-order chi connectivity index (χ0) is 15.0. The van der Waals surface area contributed by atoms with E-state index in [9.17, 15) is 4.79 Å². The van der Waals surface area contributed by atoms with Crippen molar-refractivity contribution in [2.75, 3.05) is 38.2 Å². The molecule has 2 heterocycles. The van der Waals surface area contributed by atoms with Crippen LogP contribution in [0.2, 0.25) is 0 Å². The van der Waals surface area contributed by atoms with Crippen molar-refractivity contribution in [1.29, 1.82) is 0 Å². The van der Waals surface area contributed by atoms with Crippen molar-refractivity contribution in [2.24, 2.45) is 0 Å².